The van der Waals surface area contributed by atoms with E-state index in [-0.39, 0.29) is 12.4 Å². The lowest BCUT2D eigenvalue weighted by Gasteiger charge is -2.14. The number of hydrogen-bond acceptors (Lipinski definition) is 4. The molecule has 6 heteroatoms. The zero-order valence-electron chi connectivity index (χ0n) is 9.84. The minimum Gasteiger partial charge on any atom is -0.481 e. The van der Waals surface area contributed by atoms with Crippen LogP contribution in [-0.2, 0) is 19.6 Å². The van der Waals surface area contributed by atoms with Crippen molar-refractivity contribution >= 4 is 0 Å². The van der Waals surface area contributed by atoms with Crippen molar-refractivity contribution in [3.05, 3.63) is 35.9 Å². The molecule has 0 N–H and O–H groups in total. The number of aryl methyl sites for hydroxylation is 1. The Morgan fingerprint density at radius 3 is 3.17 bits per heavy atom. The quantitative estimate of drug-likeness (QED) is 0.776. The first-order chi connectivity index (χ1) is 8.84. The third-order valence-electron chi connectivity index (χ3n) is 3.02. The third kappa shape index (κ3) is 2.05. The summed E-state index contributed by atoms with van der Waals surface area (Å²) < 4.78 is 20.7. The Kier molecular flexibility index (Phi) is 2.92. The molecule has 0 radical (unpaired) electrons. The second-order valence-electron chi connectivity index (χ2n) is 4.22. The highest BCUT2D eigenvalue weighted by Crippen LogP contribution is 2.17. The molecule has 0 bridgehead atoms. The van der Waals surface area contributed by atoms with Crippen LogP contribution < -0.4 is 4.74 Å². The Bertz CT molecular complexity index is 555. The van der Waals surface area contributed by atoms with Crippen LogP contribution in [0.25, 0.3) is 0 Å². The molecule has 0 atom stereocenters. The number of fused-ring (bicyclic) bond motifs is 1. The van der Waals surface area contributed by atoms with Crippen molar-refractivity contribution in [2.24, 2.45) is 0 Å². The first-order valence-corrected chi connectivity index (χ1v) is 5.99. The zero-order valence-corrected chi connectivity index (χ0v) is 9.84. The van der Waals surface area contributed by atoms with Crippen molar-refractivity contribution in [2.45, 2.75) is 32.4 Å². The van der Waals surface area contributed by atoms with E-state index in [1.54, 1.807) is 12.1 Å². The Labute approximate surface area is 104 Å². The van der Waals surface area contributed by atoms with Gasteiger partial charge in [0, 0.05) is 19.2 Å². The van der Waals surface area contributed by atoms with Gasteiger partial charge in [-0.1, -0.05) is 0 Å². The van der Waals surface area contributed by atoms with Gasteiger partial charge in [0.25, 0.3) is 5.95 Å². The van der Waals surface area contributed by atoms with Crippen LogP contribution in [0.4, 0.5) is 4.39 Å². The van der Waals surface area contributed by atoms with Crippen molar-refractivity contribution in [1.29, 1.82) is 0 Å². The SMILES string of the molecule is Fc1ncccc1OCc1nnc2n1CCCC2. The third-order valence-corrected chi connectivity index (χ3v) is 3.02. The molecule has 0 spiro atoms. The molecule has 5 nitrogen and oxygen atoms in total. The first-order valence-electron chi connectivity index (χ1n) is 5.99. The van der Waals surface area contributed by atoms with Crippen LogP contribution >= 0.6 is 0 Å². The van der Waals surface area contributed by atoms with Gasteiger partial charge in [0.1, 0.15) is 12.4 Å². The molecule has 1 aliphatic rings. The second kappa shape index (κ2) is 4.72. The van der Waals surface area contributed by atoms with E-state index in [0.717, 1.165) is 37.5 Å². The zero-order chi connectivity index (χ0) is 12.4. The van der Waals surface area contributed by atoms with Gasteiger partial charge in [-0.25, -0.2) is 4.98 Å². The molecule has 0 saturated carbocycles. The second-order valence-corrected chi connectivity index (χ2v) is 4.22. The Hall–Kier alpha value is -1.98. The number of aromatic nitrogens is 4. The summed E-state index contributed by atoms with van der Waals surface area (Å²) in [6.07, 6.45) is 4.62. The normalized spacial score (nSPS) is 14.3. The summed E-state index contributed by atoms with van der Waals surface area (Å²) >= 11 is 0. The number of nitrogens with zero attached hydrogens (tertiary/aromatic N) is 4. The maximum Gasteiger partial charge on any atom is 0.255 e. The molecule has 0 aromatic carbocycles. The van der Waals surface area contributed by atoms with Crippen LogP contribution in [-0.4, -0.2) is 19.7 Å². The van der Waals surface area contributed by atoms with Gasteiger partial charge >= 0.3 is 0 Å². The minimum absolute atomic E-state index is 0.144. The number of halogens is 1. The van der Waals surface area contributed by atoms with Gasteiger partial charge in [0.15, 0.2) is 11.6 Å². The lowest BCUT2D eigenvalue weighted by Crippen LogP contribution is -2.14. The molecule has 0 fully saturated rings. The summed E-state index contributed by atoms with van der Waals surface area (Å²) in [5, 5.41) is 8.20. The molecule has 0 aliphatic carbocycles. The van der Waals surface area contributed by atoms with E-state index in [9.17, 15) is 4.39 Å². The molecule has 3 heterocycles. The maximum atomic E-state index is 13.3. The molecule has 94 valence electrons. The van der Waals surface area contributed by atoms with E-state index in [2.05, 4.69) is 19.7 Å². The molecule has 0 saturated heterocycles. The van der Waals surface area contributed by atoms with Gasteiger partial charge in [-0.2, -0.15) is 4.39 Å². The summed E-state index contributed by atoms with van der Waals surface area (Å²) in [6.45, 7) is 1.13. The van der Waals surface area contributed by atoms with Gasteiger partial charge < -0.3 is 9.30 Å². The average Bonchev–Trinajstić information content (AvgIpc) is 2.81. The Morgan fingerprint density at radius 1 is 1.33 bits per heavy atom. The molecule has 2 aromatic rings. The number of hydrogen-bond donors (Lipinski definition) is 0. The molecule has 2 aromatic heterocycles. The fraction of sp³-hybridized carbons (Fsp3) is 0.417. The highest BCUT2D eigenvalue weighted by Gasteiger charge is 2.16. The number of pyridine rings is 1. The van der Waals surface area contributed by atoms with Crippen LogP contribution in [0.3, 0.4) is 0 Å². The monoisotopic (exact) mass is 248 g/mol. The smallest absolute Gasteiger partial charge is 0.255 e. The van der Waals surface area contributed by atoms with Gasteiger partial charge in [-0.05, 0) is 25.0 Å². The highest BCUT2D eigenvalue weighted by molar-refractivity contribution is 5.18. The lowest BCUT2D eigenvalue weighted by molar-refractivity contribution is 0.269. The van der Waals surface area contributed by atoms with Crippen molar-refractivity contribution in [3.8, 4) is 5.75 Å². The van der Waals surface area contributed by atoms with Crippen LogP contribution in [0.5, 0.6) is 5.75 Å². The van der Waals surface area contributed by atoms with Crippen LogP contribution in [0, 0.1) is 5.95 Å². The minimum atomic E-state index is -0.601. The molecule has 0 amide bonds. The summed E-state index contributed by atoms with van der Waals surface area (Å²) in [7, 11) is 0. The summed E-state index contributed by atoms with van der Waals surface area (Å²) in [5.74, 6) is 1.28. The Balaban J connectivity index is 1.74. The van der Waals surface area contributed by atoms with Gasteiger partial charge in [0.05, 0.1) is 0 Å². The number of rotatable bonds is 3. The van der Waals surface area contributed by atoms with Gasteiger partial charge in [-0.3, -0.25) is 0 Å². The van der Waals surface area contributed by atoms with Crippen molar-refractivity contribution in [3.63, 3.8) is 0 Å². The van der Waals surface area contributed by atoms with Gasteiger partial charge in [-0.15, -0.1) is 10.2 Å². The maximum absolute atomic E-state index is 13.3. The fourth-order valence-corrected chi connectivity index (χ4v) is 2.10. The van der Waals surface area contributed by atoms with E-state index >= 15 is 0 Å². The standard InChI is InChI=1S/C12H13FN4O/c13-12-9(4-3-6-14-12)18-8-11-16-15-10-5-1-2-7-17(10)11/h3-4,6H,1-2,5,7-8H2. The van der Waals surface area contributed by atoms with Crippen LogP contribution in [0.2, 0.25) is 0 Å². The molecular weight excluding hydrogens is 235 g/mol. The van der Waals surface area contributed by atoms with Crippen LogP contribution in [0.15, 0.2) is 18.3 Å². The first kappa shape index (κ1) is 11.1. The molecular formula is C12H13FN4O. The molecule has 1 aliphatic heterocycles. The van der Waals surface area contributed by atoms with E-state index in [1.165, 1.54) is 6.20 Å². The van der Waals surface area contributed by atoms with E-state index < -0.39 is 5.95 Å². The predicted octanol–water partition coefficient (Wildman–Crippen LogP) is 1.73. The van der Waals surface area contributed by atoms with Crippen molar-refractivity contribution < 1.29 is 9.13 Å². The summed E-state index contributed by atoms with van der Waals surface area (Å²) in [5.41, 5.74) is 0. The molecule has 3 rings (SSSR count). The van der Waals surface area contributed by atoms with E-state index in [4.69, 9.17) is 4.74 Å². The average molecular weight is 248 g/mol. The lowest BCUT2D eigenvalue weighted by atomic mass is 10.2. The Morgan fingerprint density at radius 2 is 2.28 bits per heavy atom. The highest BCUT2D eigenvalue weighted by atomic mass is 19.1. The topological polar surface area (TPSA) is 52.8 Å². The largest absolute Gasteiger partial charge is 0.481 e. The van der Waals surface area contributed by atoms with E-state index in [0.29, 0.717) is 0 Å². The molecule has 18 heavy (non-hydrogen) atoms. The summed E-state index contributed by atoms with van der Waals surface area (Å²) in [4.78, 5) is 3.53. The van der Waals surface area contributed by atoms with Crippen molar-refractivity contribution in [1.82, 2.24) is 19.7 Å². The fourth-order valence-electron chi connectivity index (χ4n) is 2.10. The summed E-state index contributed by atoms with van der Waals surface area (Å²) in [6, 6.07) is 3.19. The predicted molar refractivity (Wildman–Crippen MR) is 61.5 cm³/mol. The number of ether oxygens (including phenoxy) is 1. The molecule has 0 unspecified atom stereocenters. The van der Waals surface area contributed by atoms with Gasteiger partial charge in [0.2, 0.25) is 0 Å². The van der Waals surface area contributed by atoms with Crippen LogP contribution in [0.1, 0.15) is 24.5 Å². The van der Waals surface area contributed by atoms with E-state index in [1.807, 2.05) is 0 Å². The van der Waals surface area contributed by atoms with Crippen molar-refractivity contribution in [2.75, 3.05) is 0 Å².